The van der Waals surface area contributed by atoms with Crippen molar-refractivity contribution in [3.8, 4) is 5.75 Å². The summed E-state index contributed by atoms with van der Waals surface area (Å²) in [5.41, 5.74) is 2.59. The van der Waals surface area contributed by atoms with Gasteiger partial charge in [0.05, 0.1) is 17.8 Å². The van der Waals surface area contributed by atoms with Crippen LogP contribution in [0.4, 0.5) is 11.5 Å². The van der Waals surface area contributed by atoms with Crippen molar-refractivity contribution in [1.82, 2.24) is 15.0 Å². The maximum Gasteiger partial charge on any atom is 0.198 e. The number of thioether (sulfide) groups is 1. The fourth-order valence-electron chi connectivity index (χ4n) is 3.23. The Labute approximate surface area is 158 Å². The van der Waals surface area contributed by atoms with E-state index >= 15 is 0 Å². The fourth-order valence-corrected chi connectivity index (χ4v) is 5.22. The van der Waals surface area contributed by atoms with E-state index in [9.17, 15) is 4.79 Å². The van der Waals surface area contributed by atoms with E-state index < -0.39 is 0 Å². The maximum atomic E-state index is 11.7. The number of hydrogen-bond donors (Lipinski definition) is 1. The lowest BCUT2D eigenvalue weighted by atomic mass is 9.86. The second-order valence-electron chi connectivity index (χ2n) is 6.49. The van der Waals surface area contributed by atoms with Crippen LogP contribution in [0.15, 0.2) is 23.4 Å². The molecule has 1 aliphatic heterocycles. The summed E-state index contributed by atoms with van der Waals surface area (Å²) in [5, 5.41) is 4.65. The summed E-state index contributed by atoms with van der Waals surface area (Å²) in [4.78, 5) is 27.2. The molecule has 2 aromatic heterocycles. The number of rotatable bonds is 4. The molecule has 3 heterocycles. The molecule has 0 atom stereocenters. The molecule has 1 aliphatic carbocycles. The number of nitrogens with zero attached hydrogens (tertiary/aromatic N) is 3. The van der Waals surface area contributed by atoms with E-state index in [1.54, 1.807) is 24.8 Å². The van der Waals surface area contributed by atoms with Crippen molar-refractivity contribution in [3.63, 3.8) is 0 Å². The summed E-state index contributed by atoms with van der Waals surface area (Å²) < 4.78 is 5.52. The van der Waals surface area contributed by atoms with E-state index in [-0.39, 0.29) is 5.12 Å². The van der Waals surface area contributed by atoms with E-state index in [1.807, 2.05) is 12.1 Å². The van der Waals surface area contributed by atoms with Crippen LogP contribution in [0.3, 0.4) is 0 Å². The zero-order valence-electron chi connectivity index (χ0n) is 14.1. The quantitative estimate of drug-likeness (QED) is 0.719. The zero-order chi connectivity index (χ0) is 17.7. The second-order valence-corrected chi connectivity index (χ2v) is 8.60. The highest BCUT2D eigenvalue weighted by molar-refractivity contribution is 8.14. The predicted molar refractivity (Wildman–Crippen MR) is 103 cm³/mol. The fraction of sp³-hybridized carbons (Fsp3) is 0.333. The minimum atomic E-state index is 0.160. The minimum absolute atomic E-state index is 0.160. The lowest BCUT2D eigenvalue weighted by Crippen LogP contribution is -2.07. The number of thiazole rings is 1. The van der Waals surface area contributed by atoms with Crippen molar-refractivity contribution >= 4 is 50.1 Å². The highest BCUT2D eigenvalue weighted by Gasteiger charge is 2.25. The Morgan fingerprint density at radius 3 is 2.92 bits per heavy atom. The number of fused-ring (bicyclic) bond motifs is 2. The third-order valence-corrected chi connectivity index (χ3v) is 6.96. The van der Waals surface area contributed by atoms with E-state index in [0.29, 0.717) is 23.9 Å². The van der Waals surface area contributed by atoms with Crippen LogP contribution in [0.1, 0.15) is 35.8 Å². The third-order valence-electron chi connectivity index (χ3n) is 4.86. The lowest BCUT2D eigenvalue weighted by molar-refractivity contribution is -0.110. The molecule has 1 saturated carbocycles. The third kappa shape index (κ3) is 2.64. The standard InChI is InChI=1S/C18H16N4O2S2/c1-24-12-5-10-6-14(23)25-13(10)7-11(12)21-16-15-18(20-8-19-16)26-17(22-15)9-3-2-4-9/h5,7-9H,2-4,6H2,1H3,(H,19,20,21). The average Bonchev–Trinajstić information content (AvgIpc) is 3.15. The molecule has 1 fully saturated rings. The van der Waals surface area contributed by atoms with Crippen molar-refractivity contribution in [2.75, 3.05) is 12.4 Å². The molecule has 26 heavy (non-hydrogen) atoms. The van der Waals surface area contributed by atoms with Crippen LogP contribution in [-0.4, -0.2) is 27.2 Å². The molecule has 8 heteroatoms. The molecule has 2 aliphatic rings. The van der Waals surface area contributed by atoms with Gasteiger partial charge in [-0.3, -0.25) is 4.79 Å². The SMILES string of the molecule is COc1cc2c(cc1Nc1ncnc3sc(C4CCC4)nc13)SC(=O)C2. The van der Waals surface area contributed by atoms with Gasteiger partial charge in [0.2, 0.25) is 0 Å². The van der Waals surface area contributed by atoms with Crippen molar-refractivity contribution in [3.05, 3.63) is 29.0 Å². The van der Waals surface area contributed by atoms with Crippen molar-refractivity contribution in [2.24, 2.45) is 0 Å². The Morgan fingerprint density at radius 2 is 2.15 bits per heavy atom. The highest BCUT2D eigenvalue weighted by atomic mass is 32.2. The number of anilines is 2. The molecule has 132 valence electrons. The molecule has 0 bridgehead atoms. The zero-order valence-corrected chi connectivity index (χ0v) is 15.7. The summed E-state index contributed by atoms with van der Waals surface area (Å²) in [6.07, 6.45) is 5.71. The monoisotopic (exact) mass is 384 g/mol. The van der Waals surface area contributed by atoms with Crippen LogP contribution in [0.2, 0.25) is 0 Å². The molecule has 0 radical (unpaired) electrons. The number of hydrogen-bond acceptors (Lipinski definition) is 8. The molecule has 0 unspecified atom stereocenters. The smallest absolute Gasteiger partial charge is 0.198 e. The van der Waals surface area contributed by atoms with Gasteiger partial charge in [0, 0.05) is 17.2 Å². The summed E-state index contributed by atoms with van der Waals surface area (Å²) in [5.74, 6) is 1.93. The predicted octanol–water partition coefficient (Wildman–Crippen LogP) is 4.28. The van der Waals surface area contributed by atoms with Crippen LogP contribution in [0, 0.1) is 0 Å². The summed E-state index contributed by atoms with van der Waals surface area (Å²) in [6, 6.07) is 3.88. The molecule has 0 saturated heterocycles. The van der Waals surface area contributed by atoms with Crippen LogP contribution in [0.25, 0.3) is 10.3 Å². The topological polar surface area (TPSA) is 77.0 Å². The normalized spacial score (nSPS) is 16.6. The summed E-state index contributed by atoms with van der Waals surface area (Å²) in [6.45, 7) is 0. The van der Waals surface area contributed by atoms with Crippen molar-refractivity contribution < 1.29 is 9.53 Å². The molecular formula is C18H16N4O2S2. The number of aromatic nitrogens is 3. The Hall–Kier alpha value is -2.19. The van der Waals surface area contributed by atoms with Gasteiger partial charge in [-0.1, -0.05) is 29.5 Å². The summed E-state index contributed by atoms with van der Waals surface area (Å²) in [7, 11) is 1.63. The number of ether oxygens (including phenoxy) is 1. The number of carbonyl (C=O) groups is 1. The first kappa shape index (κ1) is 16.0. The Balaban J connectivity index is 1.54. The molecule has 0 amide bonds. The maximum absolute atomic E-state index is 11.7. The molecule has 0 spiro atoms. The largest absolute Gasteiger partial charge is 0.495 e. The average molecular weight is 384 g/mol. The molecule has 3 aromatic rings. The van der Waals surface area contributed by atoms with Crippen LogP contribution < -0.4 is 10.1 Å². The molecule has 1 aromatic carbocycles. The Bertz CT molecular complexity index is 1030. The van der Waals surface area contributed by atoms with Crippen LogP contribution in [-0.2, 0) is 11.2 Å². The van der Waals surface area contributed by atoms with Gasteiger partial charge in [0.25, 0.3) is 0 Å². The van der Waals surface area contributed by atoms with Crippen molar-refractivity contribution in [1.29, 1.82) is 0 Å². The number of benzene rings is 1. The molecule has 1 N–H and O–H groups in total. The molecule has 5 rings (SSSR count). The lowest BCUT2D eigenvalue weighted by Gasteiger charge is -2.22. The van der Waals surface area contributed by atoms with Gasteiger partial charge in [0.1, 0.15) is 22.4 Å². The highest BCUT2D eigenvalue weighted by Crippen LogP contribution is 2.42. The second kappa shape index (κ2) is 6.21. The number of carbonyl (C=O) groups excluding carboxylic acids is 1. The first-order valence-corrected chi connectivity index (χ1v) is 10.1. The Morgan fingerprint density at radius 1 is 1.27 bits per heavy atom. The van der Waals surface area contributed by atoms with Gasteiger partial charge >= 0.3 is 0 Å². The molecule has 6 nitrogen and oxygen atoms in total. The van der Waals surface area contributed by atoms with Gasteiger partial charge in [-0.15, -0.1) is 0 Å². The van der Waals surface area contributed by atoms with E-state index in [0.717, 1.165) is 31.5 Å². The van der Waals surface area contributed by atoms with Gasteiger partial charge in [-0.2, -0.15) is 0 Å². The minimum Gasteiger partial charge on any atom is -0.495 e. The first-order valence-electron chi connectivity index (χ1n) is 8.51. The van der Waals surface area contributed by atoms with Crippen LogP contribution >= 0.6 is 23.1 Å². The Kier molecular flexibility index (Phi) is 3.82. The van der Waals surface area contributed by atoms with E-state index in [4.69, 9.17) is 9.72 Å². The number of methoxy groups -OCH3 is 1. The van der Waals surface area contributed by atoms with E-state index in [1.165, 1.54) is 31.0 Å². The van der Waals surface area contributed by atoms with Gasteiger partial charge in [0.15, 0.2) is 10.9 Å². The van der Waals surface area contributed by atoms with Gasteiger partial charge in [-0.05, 0) is 30.5 Å². The summed E-state index contributed by atoms with van der Waals surface area (Å²) >= 11 is 2.93. The van der Waals surface area contributed by atoms with Crippen LogP contribution in [0.5, 0.6) is 5.75 Å². The number of nitrogens with one attached hydrogen (secondary N) is 1. The molecular weight excluding hydrogens is 368 g/mol. The van der Waals surface area contributed by atoms with Gasteiger partial charge < -0.3 is 10.1 Å². The van der Waals surface area contributed by atoms with Crippen molar-refractivity contribution in [2.45, 2.75) is 36.5 Å². The first-order chi connectivity index (χ1) is 12.7. The van der Waals surface area contributed by atoms with E-state index in [2.05, 4.69) is 15.3 Å². The van der Waals surface area contributed by atoms with Gasteiger partial charge in [-0.25, -0.2) is 15.0 Å².